The van der Waals surface area contributed by atoms with E-state index in [1.54, 1.807) is 19.2 Å². The molecule has 0 bridgehead atoms. The second kappa shape index (κ2) is 12.3. The number of primary sulfonamides is 1. The molecule has 170 valence electrons. The molecule has 31 heavy (non-hydrogen) atoms. The van der Waals surface area contributed by atoms with Gasteiger partial charge in [-0.3, -0.25) is 9.89 Å². The van der Waals surface area contributed by atoms with Crippen molar-refractivity contribution in [3.63, 3.8) is 0 Å². The predicted octanol–water partition coefficient (Wildman–Crippen LogP) is 1.65. The molecule has 3 rings (SSSR count). The van der Waals surface area contributed by atoms with Crippen LogP contribution in [0.5, 0.6) is 0 Å². The van der Waals surface area contributed by atoms with Gasteiger partial charge in [-0.25, -0.2) is 13.6 Å². The van der Waals surface area contributed by atoms with Gasteiger partial charge in [0.1, 0.15) is 0 Å². The van der Waals surface area contributed by atoms with E-state index in [2.05, 4.69) is 38.7 Å². The lowest BCUT2D eigenvalue weighted by Crippen LogP contribution is -2.37. The number of ether oxygens (including phenoxy) is 1. The Morgan fingerprint density at radius 1 is 1.03 bits per heavy atom. The summed E-state index contributed by atoms with van der Waals surface area (Å²) in [6.07, 6.45) is 0. The van der Waals surface area contributed by atoms with Crippen LogP contribution in [0.2, 0.25) is 0 Å². The zero-order valence-corrected chi connectivity index (χ0v) is 20.7. The van der Waals surface area contributed by atoms with Gasteiger partial charge in [-0.1, -0.05) is 36.4 Å². The molecule has 10 heteroatoms. The molecule has 2 aromatic rings. The molecule has 0 aromatic heterocycles. The molecule has 1 aliphatic heterocycles. The van der Waals surface area contributed by atoms with E-state index in [9.17, 15) is 8.42 Å². The van der Waals surface area contributed by atoms with Crippen LogP contribution in [0.4, 0.5) is 0 Å². The molecule has 8 nitrogen and oxygen atoms in total. The lowest BCUT2D eigenvalue weighted by Gasteiger charge is -2.27. The number of nitrogens with two attached hydrogens (primary N) is 1. The van der Waals surface area contributed by atoms with Gasteiger partial charge in [-0.2, -0.15) is 0 Å². The Morgan fingerprint density at radius 3 is 2.26 bits per heavy atom. The maximum absolute atomic E-state index is 11.4. The minimum Gasteiger partial charge on any atom is -0.379 e. The van der Waals surface area contributed by atoms with Crippen LogP contribution in [0, 0.1) is 0 Å². The zero-order valence-electron chi connectivity index (χ0n) is 17.6. The molecule has 1 aliphatic rings. The first kappa shape index (κ1) is 25.5. The zero-order chi connectivity index (χ0) is 21.4. The van der Waals surface area contributed by atoms with Crippen molar-refractivity contribution in [2.45, 2.75) is 24.5 Å². The monoisotopic (exact) mass is 559 g/mol. The molecule has 0 saturated carbocycles. The topological polar surface area (TPSA) is 109 Å². The highest BCUT2D eigenvalue weighted by Crippen LogP contribution is 2.13. The first-order valence-electron chi connectivity index (χ1n) is 9.89. The fraction of sp³-hybridized carbons (Fsp3) is 0.381. The second-order valence-electron chi connectivity index (χ2n) is 7.13. The number of hydrogen-bond donors (Lipinski definition) is 3. The standard InChI is InChI=1S/C21H29N5O3S.HI/c1-23-21(24-14-17-6-8-20(9-7-17)30(22,27)28)25-15-18-4-2-3-5-19(18)16-26-10-12-29-13-11-26;/h2-9H,10-16H2,1H3,(H2,22,27,28)(H2,23,24,25);1H. The minimum atomic E-state index is -3.68. The van der Waals surface area contributed by atoms with Gasteiger partial charge in [0, 0.05) is 39.8 Å². The Balaban J connectivity index is 0.00000341. The summed E-state index contributed by atoms with van der Waals surface area (Å²) < 4.78 is 28.1. The maximum atomic E-state index is 11.4. The van der Waals surface area contributed by atoms with E-state index < -0.39 is 10.0 Å². The Kier molecular flexibility index (Phi) is 10.2. The highest BCUT2D eigenvalue weighted by atomic mass is 127. The van der Waals surface area contributed by atoms with Crippen LogP contribution in [0.15, 0.2) is 58.4 Å². The Bertz CT molecular complexity index is 961. The average molecular weight is 559 g/mol. The van der Waals surface area contributed by atoms with Crippen molar-refractivity contribution in [3.05, 3.63) is 65.2 Å². The first-order chi connectivity index (χ1) is 14.5. The number of nitrogens with zero attached hydrogens (tertiary/aromatic N) is 2. The summed E-state index contributed by atoms with van der Waals surface area (Å²) in [5, 5.41) is 11.7. The van der Waals surface area contributed by atoms with Gasteiger partial charge >= 0.3 is 0 Å². The van der Waals surface area contributed by atoms with E-state index in [4.69, 9.17) is 9.88 Å². The lowest BCUT2D eigenvalue weighted by molar-refractivity contribution is 0.0341. The van der Waals surface area contributed by atoms with Gasteiger partial charge < -0.3 is 15.4 Å². The van der Waals surface area contributed by atoms with E-state index in [1.807, 2.05) is 6.07 Å². The van der Waals surface area contributed by atoms with Crippen LogP contribution < -0.4 is 15.8 Å². The molecule has 1 saturated heterocycles. The van der Waals surface area contributed by atoms with Crippen molar-refractivity contribution in [2.75, 3.05) is 33.4 Å². The normalized spacial score (nSPS) is 15.2. The van der Waals surface area contributed by atoms with E-state index in [0.29, 0.717) is 19.0 Å². The van der Waals surface area contributed by atoms with Crippen LogP contribution in [0.3, 0.4) is 0 Å². The Labute approximate surface area is 201 Å². The van der Waals surface area contributed by atoms with E-state index in [0.717, 1.165) is 38.4 Å². The predicted molar refractivity (Wildman–Crippen MR) is 133 cm³/mol. The highest BCUT2D eigenvalue weighted by molar-refractivity contribution is 14.0. The molecular weight excluding hydrogens is 529 g/mol. The van der Waals surface area contributed by atoms with Gasteiger partial charge in [0.05, 0.1) is 18.1 Å². The number of benzene rings is 2. The smallest absolute Gasteiger partial charge is 0.238 e. The summed E-state index contributed by atoms with van der Waals surface area (Å²) in [4.78, 5) is 6.78. The van der Waals surface area contributed by atoms with Gasteiger partial charge in [0.25, 0.3) is 0 Å². The van der Waals surface area contributed by atoms with Crippen LogP contribution in [-0.4, -0.2) is 52.6 Å². The van der Waals surface area contributed by atoms with Crippen LogP contribution in [-0.2, 0) is 34.4 Å². The van der Waals surface area contributed by atoms with Crippen LogP contribution in [0.25, 0.3) is 0 Å². The van der Waals surface area contributed by atoms with Crippen molar-refractivity contribution in [3.8, 4) is 0 Å². The molecule has 0 radical (unpaired) electrons. The third kappa shape index (κ3) is 8.04. The van der Waals surface area contributed by atoms with Crippen molar-refractivity contribution >= 4 is 40.0 Å². The van der Waals surface area contributed by atoms with E-state index in [1.165, 1.54) is 23.3 Å². The fourth-order valence-corrected chi connectivity index (χ4v) is 3.78. The number of rotatable bonds is 7. The summed E-state index contributed by atoms with van der Waals surface area (Å²) in [7, 11) is -1.96. The van der Waals surface area contributed by atoms with Crippen molar-refractivity contribution in [2.24, 2.45) is 10.1 Å². The third-order valence-corrected chi connectivity index (χ3v) is 5.93. The number of morpholine rings is 1. The SMILES string of the molecule is CN=C(NCc1ccc(S(N)(=O)=O)cc1)NCc1ccccc1CN1CCOCC1.I. The number of sulfonamides is 1. The van der Waals surface area contributed by atoms with Crippen molar-refractivity contribution in [1.82, 2.24) is 15.5 Å². The van der Waals surface area contributed by atoms with Gasteiger partial charge in [-0.05, 0) is 28.8 Å². The molecule has 0 amide bonds. The summed E-state index contributed by atoms with van der Waals surface area (Å²) in [6.45, 7) is 5.56. The number of nitrogens with one attached hydrogen (secondary N) is 2. The number of aliphatic imine (C=N–C) groups is 1. The molecular formula is C21H30IN5O3S. The molecule has 1 heterocycles. The number of halogens is 1. The minimum absolute atomic E-state index is 0. The van der Waals surface area contributed by atoms with Crippen molar-refractivity contribution < 1.29 is 13.2 Å². The van der Waals surface area contributed by atoms with Crippen molar-refractivity contribution in [1.29, 1.82) is 0 Å². The largest absolute Gasteiger partial charge is 0.379 e. The lowest BCUT2D eigenvalue weighted by atomic mass is 10.1. The first-order valence-corrected chi connectivity index (χ1v) is 11.4. The summed E-state index contributed by atoms with van der Waals surface area (Å²) in [5.41, 5.74) is 3.45. The summed E-state index contributed by atoms with van der Waals surface area (Å²) >= 11 is 0. The van der Waals surface area contributed by atoms with Gasteiger partial charge in [0.15, 0.2) is 5.96 Å². The molecule has 0 unspecified atom stereocenters. The Morgan fingerprint density at radius 2 is 1.65 bits per heavy atom. The quantitative estimate of drug-likeness (QED) is 0.271. The highest BCUT2D eigenvalue weighted by Gasteiger charge is 2.13. The molecule has 0 atom stereocenters. The molecule has 2 aromatic carbocycles. The molecule has 0 spiro atoms. The number of guanidine groups is 1. The maximum Gasteiger partial charge on any atom is 0.238 e. The van der Waals surface area contributed by atoms with Gasteiger partial charge in [0.2, 0.25) is 10.0 Å². The Hall–Kier alpha value is -1.73. The third-order valence-electron chi connectivity index (χ3n) is 5.00. The van der Waals surface area contributed by atoms with E-state index >= 15 is 0 Å². The van der Waals surface area contributed by atoms with Gasteiger partial charge in [-0.15, -0.1) is 24.0 Å². The van der Waals surface area contributed by atoms with E-state index in [-0.39, 0.29) is 28.9 Å². The van der Waals surface area contributed by atoms with Crippen LogP contribution in [0.1, 0.15) is 16.7 Å². The number of hydrogen-bond acceptors (Lipinski definition) is 5. The van der Waals surface area contributed by atoms with Crippen LogP contribution >= 0.6 is 24.0 Å². The molecule has 1 fully saturated rings. The fourth-order valence-electron chi connectivity index (χ4n) is 3.27. The second-order valence-corrected chi connectivity index (χ2v) is 8.69. The summed E-state index contributed by atoms with van der Waals surface area (Å²) in [5.74, 6) is 0.673. The average Bonchev–Trinajstić information content (AvgIpc) is 2.75. The summed E-state index contributed by atoms with van der Waals surface area (Å²) in [6, 6.07) is 14.9. The molecule has 0 aliphatic carbocycles. The molecule has 4 N–H and O–H groups in total.